The number of hydrogen-bond acceptors (Lipinski definition) is 3. The van der Waals surface area contributed by atoms with Gasteiger partial charge < -0.3 is 10.0 Å². The van der Waals surface area contributed by atoms with E-state index in [0.29, 0.717) is 25.2 Å². The number of nitrogens with zero attached hydrogens (tertiary/aromatic N) is 3. The second-order valence-electron chi connectivity index (χ2n) is 6.52. The highest BCUT2D eigenvalue weighted by atomic mass is 16.4. The summed E-state index contributed by atoms with van der Waals surface area (Å²) in [5, 5.41) is 13.6. The average molecular weight is 305 g/mol. The summed E-state index contributed by atoms with van der Waals surface area (Å²) in [6, 6.07) is -0.495. The first-order valence-corrected chi connectivity index (χ1v) is 8.07. The molecule has 2 heterocycles. The first-order valence-electron chi connectivity index (χ1n) is 8.07. The number of hydrogen-bond donors (Lipinski definition) is 1. The zero-order valence-electron chi connectivity index (χ0n) is 12.9. The molecule has 0 aromatic carbocycles. The molecule has 6 nitrogen and oxygen atoms in total. The molecule has 0 radical (unpaired) electrons. The summed E-state index contributed by atoms with van der Waals surface area (Å²) < 4.78 is 1.72. The van der Waals surface area contributed by atoms with Crippen molar-refractivity contribution in [2.75, 3.05) is 0 Å². The molecular formula is C16H23N3O3. The lowest BCUT2D eigenvalue weighted by Gasteiger charge is -2.33. The molecule has 1 saturated carbocycles. The Morgan fingerprint density at radius 3 is 2.82 bits per heavy atom. The third-order valence-corrected chi connectivity index (χ3v) is 5.05. The van der Waals surface area contributed by atoms with E-state index in [-0.39, 0.29) is 11.9 Å². The van der Waals surface area contributed by atoms with Crippen molar-refractivity contribution in [1.29, 1.82) is 0 Å². The van der Waals surface area contributed by atoms with Crippen LogP contribution in [0.5, 0.6) is 0 Å². The van der Waals surface area contributed by atoms with Crippen molar-refractivity contribution in [3.05, 3.63) is 18.0 Å². The van der Waals surface area contributed by atoms with Gasteiger partial charge in [0, 0.05) is 25.7 Å². The van der Waals surface area contributed by atoms with E-state index in [0.717, 1.165) is 31.2 Å². The van der Waals surface area contributed by atoms with E-state index in [4.69, 9.17) is 0 Å². The highest BCUT2D eigenvalue weighted by Crippen LogP contribution is 2.40. The fraction of sp³-hybridized carbons (Fsp3) is 0.688. The maximum atomic E-state index is 12.6. The Morgan fingerprint density at radius 1 is 1.36 bits per heavy atom. The van der Waals surface area contributed by atoms with Crippen molar-refractivity contribution in [2.24, 2.45) is 13.0 Å². The number of carbonyl (C=O) groups excluding carboxylic acids is 1. The Morgan fingerprint density at radius 2 is 2.14 bits per heavy atom. The maximum absolute atomic E-state index is 12.6. The number of aliphatic carboxylic acids is 1. The van der Waals surface area contributed by atoms with E-state index in [9.17, 15) is 14.7 Å². The van der Waals surface area contributed by atoms with Crippen LogP contribution in [0.1, 0.15) is 44.1 Å². The van der Waals surface area contributed by atoms with Crippen LogP contribution in [0.3, 0.4) is 0 Å². The highest BCUT2D eigenvalue weighted by molar-refractivity contribution is 5.85. The molecule has 1 aliphatic heterocycles. The summed E-state index contributed by atoms with van der Waals surface area (Å²) in [7, 11) is 1.85. The van der Waals surface area contributed by atoms with E-state index in [1.165, 1.54) is 0 Å². The van der Waals surface area contributed by atoms with Gasteiger partial charge in [0.25, 0.3) is 0 Å². The summed E-state index contributed by atoms with van der Waals surface area (Å²) in [6.07, 6.45) is 9.52. The number of aromatic nitrogens is 2. The molecule has 1 N–H and O–H groups in total. The van der Waals surface area contributed by atoms with Crippen LogP contribution in [0.25, 0.3) is 0 Å². The number of carboxylic acids is 1. The van der Waals surface area contributed by atoms with E-state index >= 15 is 0 Å². The van der Waals surface area contributed by atoms with Gasteiger partial charge >= 0.3 is 5.97 Å². The molecule has 3 atom stereocenters. The molecule has 2 aliphatic rings. The molecule has 1 aromatic heterocycles. The molecule has 0 bridgehead atoms. The Bertz CT molecular complexity index is 569. The smallest absolute Gasteiger partial charge is 0.326 e. The molecule has 3 unspecified atom stereocenters. The van der Waals surface area contributed by atoms with Crippen molar-refractivity contribution < 1.29 is 14.7 Å². The molecule has 3 rings (SSSR count). The van der Waals surface area contributed by atoms with Gasteiger partial charge in [-0.25, -0.2) is 4.79 Å². The topological polar surface area (TPSA) is 75.4 Å². The van der Waals surface area contributed by atoms with Gasteiger partial charge in [0.05, 0.1) is 6.20 Å². The van der Waals surface area contributed by atoms with Gasteiger partial charge in [0.15, 0.2) is 0 Å². The molecule has 1 saturated heterocycles. The lowest BCUT2D eigenvalue weighted by molar-refractivity contribution is -0.149. The molecule has 120 valence electrons. The van der Waals surface area contributed by atoms with E-state index in [2.05, 4.69) is 5.10 Å². The van der Waals surface area contributed by atoms with E-state index in [1.54, 1.807) is 15.8 Å². The van der Waals surface area contributed by atoms with Crippen LogP contribution in [0.2, 0.25) is 0 Å². The number of rotatable bonds is 4. The molecule has 1 amide bonds. The molecule has 0 spiro atoms. The van der Waals surface area contributed by atoms with E-state index in [1.807, 2.05) is 13.2 Å². The average Bonchev–Trinajstić information content (AvgIpc) is 3.08. The van der Waals surface area contributed by atoms with Gasteiger partial charge in [-0.1, -0.05) is 12.8 Å². The predicted octanol–water partition coefficient (Wildman–Crippen LogP) is 1.60. The van der Waals surface area contributed by atoms with Crippen LogP contribution in [-0.4, -0.2) is 43.7 Å². The van der Waals surface area contributed by atoms with Crippen molar-refractivity contribution in [2.45, 2.75) is 57.0 Å². The van der Waals surface area contributed by atoms with Gasteiger partial charge in [0.1, 0.15) is 6.04 Å². The minimum absolute atomic E-state index is 0.0225. The Hall–Kier alpha value is -1.85. The number of carboxylic acid groups (broad SMARTS) is 1. The third kappa shape index (κ3) is 2.87. The summed E-state index contributed by atoms with van der Waals surface area (Å²) in [5.74, 6) is -0.507. The first-order chi connectivity index (χ1) is 10.6. The number of carbonyl (C=O) groups is 2. The molecule has 1 aliphatic carbocycles. The molecule has 1 aromatic rings. The van der Waals surface area contributed by atoms with E-state index < -0.39 is 12.0 Å². The number of likely N-dealkylation sites (tertiary alicyclic amines) is 1. The normalized spacial score (nSPS) is 27.7. The number of fused-ring (bicyclic) bond motifs is 1. The monoisotopic (exact) mass is 305 g/mol. The summed E-state index contributed by atoms with van der Waals surface area (Å²) >= 11 is 0. The van der Waals surface area contributed by atoms with Crippen LogP contribution < -0.4 is 0 Å². The van der Waals surface area contributed by atoms with Crippen LogP contribution in [-0.2, 0) is 23.1 Å². The van der Waals surface area contributed by atoms with Crippen LogP contribution in [0.4, 0.5) is 0 Å². The first kappa shape index (κ1) is 15.1. The lowest BCUT2D eigenvalue weighted by atomic mass is 9.84. The van der Waals surface area contributed by atoms with Crippen LogP contribution in [0.15, 0.2) is 12.4 Å². The van der Waals surface area contributed by atoms with Gasteiger partial charge in [-0.2, -0.15) is 5.10 Å². The fourth-order valence-electron chi connectivity index (χ4n) is 4.02. The number of amides is 1. The standard InChI is InChI=1S/C16H23N3O3/c1-18-10-11(9-17-18)6-7-15(20)19-13-5-3-2-4-12(13)8-14(19)16(21)22/h9-10,12-14H,2-8H2,1H3,(H,21,22). The summed E-state index contributed by atoms with van der Waals surface area (Å²) in [6.45, 7) is 0. The third-order valence-electron chi connectivity index (χ3n) is 5.05. The van der Waals surface area contributed by atoms with Gasteiger partial charge in [-0.05, 0) is 37.2 Å². The van der Waals surface area contributed by atoms with Crippen LogP contribution >= 0.6 is 0 Å². The highest BCUT2D eigenvalue weighted by Gasteiger charge is 2.47. The van der Waals surface area contributed by atoms with Gasteiger partial charge in [0.2, 0.25) is 5.91 Å². The number of aryl methyl sites for hydroxylation is 2. The minimum Gasteiger partial charge on any atom is -0.480 e. The van der Waals surface area contributed by atoms with Crippen molar-refractivity contribution in [3.63, 3.8) is 0 Å². The van der Waals surface area contributed by atoms with Crippen molar-refractivity contribution >= 4 is 11.9 Å². The fourth-order valence-corrected chi connectivity index (χ4v) is 4.02. The summed E-state index contributed by atoms with van der Waals surface area (Å²) in [5.41, 5.74) is 1.02. The predicted molar refractivity (Wildman–Crippen MR) is 80.2 cm³/mol. The quantitative estimate of drug-likeness (QED) is 0.916. The Balaban J connectivity index is 1.69. The minimum atomic E-state index is -0.857. The Kier molecular flexibility index (Phi) is 4.18. The molecule has 6 heteroatoms. The second kappa shape index (κ2) is 6.10. The van der Waals surface area contributed by atoms with Crippen molar-refractivity contribution in [3.8, 4) is 0 Å². The second-order valence-corrected chi connectivity index (χ2v) is 6.52. The summed E-state index contributed by atoms with van der Waals surface area (Å²) in [4.78, 5) is 25.8. The van der Waals surface area contributed by atoms with Crippen molar-refractivity contribution in [1.82, 2.24) is 14.7 Å². The molecule has 2 fully saturated rings. The molecule has 22 heavy (non-hydrogen) atoms. The van der Waals surface area contributed by atoms with Gasteiger partial charge in [-0.15, -0.1) is 0 Å². The molecular weight excluding hydrogens is 282 g/mol. The Labute approximate surface area is 130 Å². The van der Waals surface area contributed by atoms with Crippen LogP contribution in [0, 0.1) is 5.92 Å². The largest absolute Gasteiger partial charge is 0.480 e. The lowest BCUT2D eigenvalue weighted by Crippen LogP contribution is -2.46. The zero-order chi connectivity index (χ0) is 15.7. The SMILES string of the molecule is Cn1cc(CCC(=O)N2C(C(=O)O)CC3CCCCC32)cn1. The zero-order valence-corrected chi connectivity index (χ0v) is 12.9. The maximum Gasteiger partial charge on any atom is 0.326 e. The van der Waals surface area contributed by atoms with Gasteiger partial charge in [-0.3, -0.25) is 9.48 Å².